The fraction of sp³-hybridized carbons (Fsp3) is 0.154. The number of halogens is 3. The van der Waals surface area contributed by atoms with Gasteiger partial charge in [0.15, 0.2) is 0 Å². The highest BCUT2D eigenvalue weighted by molar-refractivity contribution is 6.30. The van der Waals surface area contributed by atoms with Gasteiger partial charge in [0.25, 0.3) is 0 Å². The van der Waals surface area contributed by atoms with Crippen LogP contribution < -0.4 is 5.32 Å². The summed E-state index contributed by atoms with van der Waals surface area (Å²) in [5, 5.41) is 2.99. The molecular weight excluding hydrogens is 258 g/mol. The van der Waals surface area contributed by atoms with Crippen LogP contribution >= 0.6 is 11.6 Å². The van der Waals surface area contributed by atoms with Crippen LogP contribution in [-0.4, -0.2) is 12.0 Å². The predicted octanol–water partition coefficient (Wildman–Crippen LogP) is 3.32. The first-order valence-corrected chi connectivity index (χ1v) is 5.73. The lowest BCUT2D eigenvalue weighted by Crippen LogP contribution is -2.19. The van der Waals surface area contributed by atoms with Crippen molar-refractivity contribution in [3.8, 4) is 0 Å². The predicted molar refractivity (Wildman–Crippen MR) is 66.5 cm³/mol. The Hall–Kier alpha value is -1.52. The molecule has 0 saturated carbocycles. The molecule has 0 radical (unpaired) electrons. The fourth-order valence-corrected chi connectivity index (χ4v) is 1.93. The molecule has 2 aromatic rings. The average molecular weight is 269 g/mol. The summed E-state index contributed by atoms with van der Waals surface area (Å²) in [6, 6.07) is 5.52. The smallest absolute Gasteiger partial charge is 0.146 e. The molecule has 1 unspecified atom stereocenters. The molecule has 1 atom stereocenters. The standard InChI is InChI=1S/C13H11ClF2N2/c1-17-13(9-4-5-18-7-12(9)16)8-2-3-10(14)11(15)6-8/h2-7,13,17H,1H3. The van der Waals surface area contributed by atoms with Crippen LogP contribution in [0.5, 0.6) is 0 Å². The van der Waals surface area contributed by atoms with Crippen LogP contribution in [0.15, 0.2) is 36.7 Å². The van der Waals surface area contributed by atoms with Gasteiger partial charge in [-0.05, 0) is 30.8 Å². The highest BCUT2D eigenvalue weighted by Crippen LogP contribution is 2.26. The molecule has 0 spiro atoms. The quantitative estimate of drug-likeness (QED) is 0.924. The van der Waals surface area contributed by atoms with E-state index in [1.807, 2.05) is 0 Å². The van der Waals surface area contributed by atoms with Crippen molar-refractivity contribution in [2.75, 3.05) is 7.05 Å². The maximum absolute atomic E-state index is 13.7. The Balaban J connectivity index is 2.45. The lowest BCUT2D eigenvalue weighted by molar-refractivity contribution is 0.567. The molecule has 1 N–H and O–H groups in total. The van der Waals surface area contributed by atoms with E-state index in [9.17, 15) is 8.78 Å². The zero-order chi connectivity index (χ0) is 13.1. The minimum atomic E-state index is -0.524. The summed E-state index contributed by atoms with van der Waals surface area (Å²) in [6.45, 7) is 0. The van der Waals surface area contributed by atoms with Crippen molar-refractivity contribution in [1.29, 1.82) is 0 Å². The largest absolute Gasteiger partial charge is 0.309 e. The van der Waals surface area contributed by atoms with Crippen molar-refractivity contribution in [1.82, 2.24) is 10.3 Å². The topological polar surface area (TPSA) is 24.9 Å². The highest BCUT2D eigenvalue weighted by atomic mass is 35.5. The van der Waals surface area contributed by atoms with E-state index in [1.165, 1.54) is 18.3 Å². The SMILES string of the molecule is CNC(c1ccc(Cl)c(F)c1)c1ccncc1F. The van der Waals surface area contributed by atoms with Gasteiger partial charge in [-0.25, -0.2) is 8.78 Å². The maximum Gasteiger partial charge on any atom is 0.146 e. The van der Waals surface area contributed by atoms with E-state index in [4.69, 9.17) is 11.6 Å². The Morgan fingerprint density at radius 3 is 2.61 bits per heavy atom. The van der Waals surface area contributed by atoms with Gasteiger partial charge in [0, 0.05) is 11.8 Å². The Labute approximate surface area is 109 Å². The molecule has 0 aliphatic carbocycles. The van der Waals surface area contributed by atoms with E-state index < -0.39 is 17.7 Å². The number of hydrogen-bond donors (Lipinski definition) is 1. The second-order valence-electron chi connectivity index (χ2n) is 3.79. The third-order valence-electron chi connectivity index (χ3n) is 2.68. The summed E-state index contributed by atoms with van der Waals surface area (Å²) < 4.78 is 27.1. The van der Waals surface area contributed by atoms with E-state index in [1.54, 1.807) is 19.2 Å². The van der Waals surface area contributed by atoms with E-state index >= 15 is 0 Å². The van der Waals surface area contributed by atoms with Gasteiger partial charge in [-0.3, -0.25) is 4.98 Å². The average Bonchev–Trinajstić information content (AvgIpc) is 2.37. The number of pyridine rings is 1. The van der Waals surface area contributed by atoms with E-state index in [-0.39, 0.29) is 5.02 Å². The van der Waals surface area contributed by atoms with Crippen molar-refractivity contribution >= 4 is 11.6 Å². The summed E-state index contributed by atoms with van der Waals surface area (Å²) in [6.07, 6.45) is 2.63. The zero-order valence-corrected chi connectivity index (χ0v) is 10.4. The normalized spacial score (nSPS) is 12.4. The van der Waals surface area contributed by atoms with Gasteiger partial charge in [0.05, 0.1) is 17.3 Å². The van der Waals surface area contributed by atoms with Gasteiger partial charge < -0.3 is 5.32 Å². The van der Waals surface area contributed by atoms with Gasteiger partial charge in [0.2, 0.25) is 0 Å². The number of nitrogens with zero attached hydrogens (tertiary/aromatic N) is 1. The Morgan fingerprint density at radius 1 is 1.22 bits per heavy atom. The summed E-state index contributed by atoms with van der Waals surface area (Å²) in [7, 11) is 1.68. The van der Waals surface area contributed by atoms with Crippen LogP contribution in [0.4, 0.5) is 8.78 Å². The number of rotatable bonds is 3. The van der Waals surface area contributed by atoms with Crippen LogP contribution in [0.1, 0.15) is 17.2 Å². The monoisotopic (exact) mass is 268 g/mol. The minimum Gasteiger partial charge on any atom is -0.309 e. The Kier molecular flexibility index (Phi) is 3.89. The molecule has 5 heteroatoms. The molecule has 0 aliphatic rings. The molecule has 1 aromatic carbocycles. The van der Waals surface area contributed by atoms with Crippen molar-refractivity contribution in [2.45, 2.75) is 6.04 Å². The van der Waals surface area contributed by atoms with Crippen molar-refractivity contribution in [3.05, 3.63) is 64.4 Å². The Morgan fingerprint density at radius 2 is 2.00 bits per heavy atom. The summed E-state index contributed by atoms with van der Waals surface area (Å²) in [5.41, 5.74) is 1.01. The molecule has 1 aromatic heterocycles. The van der Waals surface area contributed by atoms with E-state index in [2.05, 4.69) is 10.3 Å². The van der Waals surface area contributed by atoms with Gasteiger partial charge in [0.1, 0.15) is 11.6 Å². The molecule has 0 fully saturated rings. The second kappa shape index (κ2) is 5.42. The molecule has 0 amide bonds. The lowest BCUT2D eigenvalue weighted by atomic mass is 9.99. The van der Waals surface area contributed by atoms with E-state index in [0.717, 1.165) is 6.20 Å². The summed E-state index contributed by atoms with van der Waals surface area (Å²) >= 11 is 5.63. The summed E-state index contributed by atoms with van der Waals surface area (Å²) in [4.78, 5) is 3.69. The van der Waals surface area contributed by atoms with Gasteiger partial charge in [-0.2, -0.15) is 0 Å². The molecule has 2 rings (SSSR count). The van der Waals surface area contributed by atoms with Crippen LogP contribution in [-0.2, 0) is 0 Å². The molecule has 0 saturated heterocycles. The van der Waals surface area contributed by atoms with Crippen LogP contribution in [0.25, 0.3) is 0 Å². The third-order valence-corrected chi connectivity index (χ3v) is 2.99. The van der Waals surface area contributed by atoms with Crippen molar-refractivity contribution < 1.29 is 8.78 Å². The van der Waals surface area contributed by atoms with E-state index in [0.29, 0.717) is 11.1 Å². The molecule has 1 heterocycles. The van der Waals surface area contributed by atoms with Crippen molar-refractivity contribution in [3.63, 3.8) is 0 Å². The van der Waals surface area contributed by atoms with Crippen LogP contribution in [0.3, 0.4) is 0 Å². The molecule has 94 valence electrons. The van der Waals surface area contributed by atoms with Crippen LogP contribution in [0.2, 0.25) is 5.02 Å². The molecule has 2 nitrogen and oxygen atoms in total. The first kappa shape index (κ1) is 12.9. The minimum absolute atomic E-state index is 0.0452. The zero-order valence-electron chi connectivity index (χ0n) is 9.62. The van der Waals surface area contributed by atoms with Gasteiger partial charge in [-0.15, -0.1) is 0 Å². The van der Waals surface area contributed by atoms with Gasteiger partial charge >= 0.3 is 0 Å². The lowest BCUT2D eigenvalue weighted by Gasteiger charge is -2.17. The number of nitrogens with one attached hydrogen (secondary N) is 1. The second-order valence-corrected chi connectivity index (χ2v) is 4.20. The molecular formula is C13H11ClF2N2. The summed E-state index contributed by atoms with van der Waals surface area (Å²) in [5.74, 6) is -0.962. The number of aromatic nitrogens is 1. The molecule has 18 heavy (non-hydrogen) atoms. The highest BCUT2D eigenvalue weighted by Gasteiger charge is 2.17. The van der Waals surface area contributed by atoms with Crippen LogP contribution in [0, 0.1) is 11.6 Å². The molecule has 0 aliphatic heterocycles. The first-order chi connectivity index (χ1) is 8.63. The number of benzene rings is 1. The Bertz CT molecular complexity index is 560. The van der Waals surface area contributed by atoms with Crippen molar-refractivity contribution in [2.24, 2.45) is 0 Å². The van der Waals surface area contributed by atoms with Gasteiger partial charge in [-0.1, -0.05) is 17.7 Å². The first-order valence-electron chi connectivity index (χ1n) is 5.35. The third kappa shape index (κ3) is 2.49. The maximum atomic E-state index is 13.7. The number of hydrogen-bond acceptors (Lipinski definition) is 2. The fourth-order valence-electron chi connectivity index (χ4n) is 1.81. The molecule has 0 bridgehead atoms.